The largest absolute Gasteiger partial charge is 0.440 e. The van der Waals surface area contributed by atoms with Gasteiger partial charge in [-0.25, -0.2) is 4.98 Å². The van der Waals surface area contributed by atoms with E-state index < -0.39 is 17.8 Å². The number of esters is 1. The van der Waals surface area contributed by atoms with Gasteiger partial charge in [0.25, 0.3) is 5.91 Å². The van der Waals surface area contributed by atoms with Crippen molar-refractivity contribution in [3.05, 3.63) is 44.1 Å². The monoisotopic (exact) mass is 518 g/mol. The molecule has 0 atom stereocenters. The van der Waals surface area contributed by atoms with Gasteiger partial charge in [-0.3, -0.25) is 19.2 Å². The van der Waals surface area contributed by atoms with Crippen molar-refractivity contribution in [1.82, 2.24) is 9.97 Å². The highest BCUT2D eigenvalue weighted by molar-refractivity contribution is 8.00. The number of aromatic amines is 1. The van der Waals surface area contributed by atoms with Crippen molar-refractivity contribution in [2.45, 2.75) is 25.8 Å². The second kappa shape index (κ2) is 11.9. The van der Waals surface area contributed by atoms with Gasteiger partial charge in [0.05, 0.1) is 22.0 Å². The van der Waals surface area contributed by atoms with Crippen molar-refractivity contribution in [3.63, 3.8) is 0 Å². The lowest BCUT2D eigenvalue weighted by molar-refractivity contribution is -0.147. The first-order valence-electron chi connectivity index (χ1n) is 9.75. The van der Waals surface area contributed by atoms with E-state index in [1.807, 2.05) is 13.0 Å². The molecule has 14 heteroatoms. The van der Waals surface area contributed by atoms with E-state index in [0.717, 1.165) is 28.7 Å². The summed E-state index contributed by atoms with van der Waals surface area (Å²) in [6, 6.07) is 4.96. The van der Waals surface area contributed by atoms with Crippen molar-refractivity contribution in [2.75, 3.05) is 18.3 Å². The molecule has 3 rings (SSSR count). The van der Waals surface area contributed by atoms with E-state index in [1.165, 1.54) is 13.0 Å². The lowest BCUT2D eigenvalue weighted by Crippen LogP contribution is -2.15. The molecule has 0 saturated carbocycles. The number of hydrogen-bond acceptors (Lipinski definition) is 11. The molecule has 3 aromatic rings. The number of aryl methyl sites for hydroxylation is 2. The molecule has 0 aliphatic rings. The highest BCUT2D eigenvalue weighted by Crippen LogP contribution is 2.35. The Bertz CT molecular complexity index is 1390. The molecule has 184 valence electrons. The summed E-state index contributed by atoms with van der Waals surface area (Å²) >= 11 is 2.16. The number of carbonyl (C=O) groups excluding carboxylic acids is 3. The first-order valence-corrected chi connectivity index (χ1v) is 11.6. The average Bonchev–Trinajstić information content (AvgIpc) is 3.09. The van der Waals surface area contributed by atoms with Crippen LogP contribution in [0.3, 0.4) is 0 Å². The molecular weight excluding hydrogens is 496 g/mol. The number of pyridine rings is 2. The minimum absolute atomic E-state index is 0.0358. The van der Waals surface area contributed by atoms with E-state index in [2.05, 4.69) is 14.7 Å². The van der Waals surface area contributed by atoms with Gasteiger partial charge in [-0.15, -0.1) is 11.3 Å². The van der Waals surface area contributed by atoms with E-state index in [4.69, 9.17) is 27.2 Å². The van der Waals surface area contributed by atoms with Gasteiger partial charge in [-0.05, 0) is 25.0 Å². The van der Waals surface area contributed by atoms with Gasteiger partial charge in [-0.2, -0.15) is 5.26 Å². The summed E-state index contributed by atoms with van der Waals surface area (Å²) in [6.45, 7) is 4.54. The van der Waals surface area contributed by atoms with Gasteiger partial charge in [0, 0.05) is 24.4 Å². The fraction of sp³-hybridized carbons (Fsp3) is 0.238. The minimum atomic E-state index is -0.590. The predicted octanol–water partition coefficient (Wildman–Crippen LogP) is 1.32. The number of nitrogens with zero attached hydrogens (tertiary/aromatic N) is 2. The molecule has 7 N–H and O–H groups in total. The SMILES string of the molecule is CC(=O)OCOc1cc(C)c2c(N)c(C(N)=O)sc2n1.Cc1cc(=O)[nH]c(SCC(N)=O)c1C#N. The molecule has 3 heterocycles. The van der Waals surface area contributed by atoms with Crippen molar-refractivity contribution >= 4 is 56.8 Å². The van der Waals surface area contributed by atoms with Crippen molar-refractivity contribution in [3.8, 4) is 11.9 Å². The summed E-state index contributed by atoms with van der Waals surface area (Å²) in [5.74, 6) is -1.21. The zero-order valence-corrected chi connectivity index (χ0v) is 20.6. The quantitative estimate of drug-likeness (QED) is 0.200. The van der Waals surface area contributed by atoms with Crippen LogP contribution in [0.5, 0.6) is 5.88 Å². The fourth-order valence-corrected chi connectivity index (χ4v) is 4.58. The number of nitrogen functional groups attached to an aromatic ring is 1. The van der Waals surface area contributed by atoms with Crippen LogP contribution >= 0.6 is 23.1 Å². The van der Waals surface area contributed by atoms with Gasteiger partial charge in [-0.1, -0.05) is 11.8 Å². The van der Waals surface area contributed by atoms with Gasteiger partial charge < -0.3 is 31.7 Å². The molecule has 0 fully saturated rings. The smallest absolute Gasteiger partial charge is 0.305 e. The second-order valence-corrected chi connectivity index (χ2v) is 8.94. The molecule has 0 spiro atoms. The van der Waals surface area contributed by atoms with Crippen LogP contribution in [0.25, 0.3) is 10.2 Å². The summed E-state index contributed by atoms with van der Waals surface area (Å²) in [7, 11) is 0. The summed E-state index contributed by atoms with van der Waals surface area (Å²) in [6.07, 6.45) is 0. The third kappa shape index (κ3) is 7.19. The van der Waals surface area contributed by atoms with Crippen LogP contribution in [0.2, 0.25) is 0 Å². The molecule has 0 saturated heterocycles. The van der Waals surface area contributed by atoms with Crippen molar-refractivity contribution < 1.29 is 23.9 Å². The molecule has 0 aromatic carbocycles. The van der Waals surface area contributed by atoms with Crippen LogP contribution in [0.15, 0.2) is 22.0 Å². The Kier molecular flexibility index (Phi) is 9.20. The highest BCUT2D eigenvalue weighted by Gasteiger charge is 2.17. The number of anilines is 1. The number of H-pyrrole nitrogens is 1. The Morgan fingerprint density at radius 1 is 1.23 bits per heavy atom. The average molecular weight is 519 g/mol. The van der Waals surface area contributed by atoms with Crippen LogP contribution in [0.4, 0.5) is 5.69 Å². The lowest BCUT2D eigenvalue weighted by atomic mass is 10.1. The number of ether oxygens (including phenoxy) is 2. The molecule has 0 aliphatic heterocycles. The van der Waals surface area contributed by atoms with E-state index in [-0.39, 0.29) is 28.9 Å². The molecule has 0 radical (unpaired) electrons. The topological polar surface area (TPSA) is 217 Å². The molecule has 0 bridgehead atoms. The number of rotatable bonds is 7. The van der Waals surface area contributed by atoms with E-state index in [9.17, 15) is 19.2 Å². The lowest BCUT2D eigenvalue weighted by Gasteiger charge is -2.06. The molecule has 0 aliphatic carbocycles. The number of thioether (sulfide) groups is 1. The maximum atomic E-state index is 11.3. The molecule has 0 unspecified atom stereocenters. The number of nitrogens with two attached hydrogens (primary N) is 3. The number of nitrogens with one attached hydrogen (secondary N) is 1. The third-order valence-electron chi connectivity index (χ3n) is 4.24. The number of primary amides is 2. The third-order valence-corrected chi connectivity index (χ3v) is 6.38. The van der Waals surface area contributed by atoms with E-state index in [0.29, 0.717) is 32.1 Å². The molecule has 2 amide bonds. The molecular formula is C21H22N6O6S2. The van der Waals surface area contributed by atoms with Gasteiger partial charge in [0.15, 0.2) is 0 Å². The van der Waals surface area contributed by atoms with Crippen LogP contribution in [-0.2, 0) is 14.3 Å². The zero-order chi connectivity index (χ0) is 26.3. The number of amides is 2. The van der Waals surface area contributed by atoms with Gasteiger partial charge in [0.1, 0.15) is 15.8 Å². The first-order chi connectivity index (χ1) is 16.4. The summed E-state index contributed by atoms with van der Waals surface area (Å²) in [5, 5.41) is 9.93. The Labute approximate surface area is 207 Å². The summed E-state index contributed by atoms with van der Waals surface area (Å²) < 4.78 is 9.88. The summed E-state index contributed by atoms with van der Waals surface area (Å²) in [5.41, 5.74) is 17.9. The zero-order valence-electron chi connectivity index (χ0n) is 19.0. The molecule has 12 nitrogen and oxygen atoms in total. The van der Waals surface area contributed by atoms with Crippen molar-refractivity contribution in [1.29, 1.82) is 5.26 Å². The summed E-state index contributed by atoms with van der Waals surface area (Å²) in [4.78, 5) is 51.2. The predicted molar refractivity (Wildman–Crippen MR) is 131 cm³/mol. The van der Waals surface area contributed by atoms with Crippen LogP contribution in [-0.4, -0.2) is 40.3 Å². The number of thiophene rings is 1. The minimum Gasteiger partial charge on any atom is -0.440 e. The molecule has 3 aromatic heterocycles. The van der Waals surface area contributed by atoms with E-state index >= 15 is 0 Å². The van der Waals surface area contributed by atoms with Crippen LogP contribution in [0.1, 0.15) is 33.3 Å². The van der Waals surface area contributed by atoms with Crippen LogP contribution in [0, 0.1) is 25.2 Å². The maximum Gasteiger partial charge on any atom is 0.305 e. The Morgan fingerprint density at radius 2 is 1.91 bits per heavy atom. The first kappa shape index (κ1) is 27.2. The fourth-order valence-electron chi connectivity index (χ4n) is 2.76. The standard InChI is InChI=1S/C12H13N3O4S.C9H9N3O2S/c1-5-3-7(19-4-18-6(2)16)15-12-8(5)9(13)10(20-12)11(14)17;1-5-2-8(14)12-9(6(5)3-10)15-4-7(11)13/h3H,4,13H2,1-2H3,(H2,14,17);2H,4H2,1H3,(H2,11,13)(H,12,14). The number of fused-ring (bicyclic) bond motifs is 1. The van der Waals surface area contributed by atoms with Crippen LogP contribution < -0.4 is 27.5 Å². The van der Waals surface area contributed by atoms with Gasteiger partial charge >= 0.3 is 5.97 Å². The highest BCUT2D eigenvalue weighted by atomic mass is 32.2. The number of aromatic nitrogens is 2. The number of nitriles is 1. The van der Waals surface area contributed by atoms with Gasteiger partial charge in [0.2, 0.25) is 24.1 Å². The normalized spacial score (nSPS) is 10.1. The Hall–Kier alpha value is -4.09. The van der Waals surface area contributed by atoms with E-state index in [1.54, 1.807) is 13.0 Å². The Balaban J connectivity index is 0.000000258. The maximum absolute atomic E-state index is 11.3. The van der Waals surface area contributed by atoms with Crippen molar-refractivity contribution in [2.24, 2.45) is 11.5 Å². The number of hydrogen-bond donors (Lipinski definition) is 4. The molecule has 35 heavy (non-hydrogen) atoms. The second-order valence-electron chi connectivity index (χ2n) is 6.95. The number of carbonyl (C=O) groups is 3. The Morgan fingerprint density at radius 3 is 2.49 bits per heavy atom.